The third-order valence-electron chi connectivity index (χ3n) is 4.09. The molecule has 0 saturated carbocycles. The van der Waals surface area contributed by atoms with Crippen LogP contribution in [-0.2, 0) is 0 Å². The molecular weight excluding hydrogens is 282 g/mol. The van der Waals surface area contributed by atoms with Gasteiger partial charge in [0.2, 0.25) is 5.95 Å². The molecule has 0 bridgehead atoms. The summed E-state index contributed by atoms with van der Waals surface area (Å²) in [6.07, 6.45) is 3.77. The van der Waals surface area contributed by atoms with Gasteiger partial charge in [0.05, 0.1) is 5.39 Å². The number of nitrogens with zero attached hydrogens (tertiary/aromatic N) is 3. The fourth-order valence-electron chi connectivity index (χ4n) is 2.94. The second-order valence-electron chi connectivity index (χ2n) is 5.71. The summed E-state index contributed by atoms with van der Waals surface area (Å²) in [5, 5.41) is 8.74. The van der Waals surface area contributed by atoms with Gasteiger partial charge in [-0.1, -0.05) is 6.42 Å². The summed E-state index contributed by atoms with van der Waals surface area (Å²) in [6.45, 7) is 7.44. The molecule has 6 heteroatoms. The van der Waals surface area contributed by atoms with Crippen LogP contribution >= 0.6 is 11.3 Å². The van der Waals surface area contributed by atoms with E-state index in [4.69, 9.17) is 0 Å². The molecule has 0 amide bonds. The van der Waals surface area contributed by atoms with Gasteiger partial charge < -0.3 is 10.7 Å². The van der Waals surface area contributed by atoms with Gasteiger partial charge in [-0.2, -0.15) is 4.98 Å². The largest absolute Gasteiger partial charge is 0.354 e. The van der Waals surface area contributed by atoms with Gasteiger partial charge in [-0.15, -0.1) is 11.3 Å². The molecule has 3 heterocycles. The molecule has 2 unspecified atom stereocenters. The minimum atomic E-state index is 0.528. The number of anilines is 2. The molecule has 0 radical (unpaired) electrons. The van der Waals surface area contributed by atoms with Crippen molar-refractivity contribution >= 4 is 33.3 Å². The van der Waals surface area contributed by atoms with Gasteiger partial charge in [-0.05, 0) is 45.1 Å². The maximum Gasteiger partial charge on any atom is 0.226 e. The van der Waals surface area contributed by atoms with Gasteiger partial charge in [0.15, 0.2) is 5.82 Å². The summed E-state index contributed by atoms with van der Waals surface area (Å²) in [5.41, 5.74) is 3.56. The first kappa shape index (κ1) is 14.5. The maximum atomic E-state index is 4.66. The first-order valence-corrected chi connectivity index (χ1v) is 8.61. The van der Waals surface area contributed by atoms with Gasteiger partial charge in [0.1, 0.15) is 4.83 Å². The van der Waals surface area contributed by atoms with Crippen molar-refractivity contribution in [1.29, 1.82) is 0 Å². The highest BCUT2D eigenvalue weighted by Crippen LogP contribution is 2.29. The van der Waals surface area contributed by atoms with E-state index in [9.17, 15) is 0 Å². The van der Waals surface area contributed by atoms with Gasteiger partial charge >= 0.3 is 0 Å². The molecule has 2 atom stereocenters. The van der Waals surface area contributed by atoms with Crippen molar-refractivity contribution in [2.24, 2.45) is 0 Å². The van der Waals surface area contributed by atoms with E-state index in [1.54, 1.807) is 11.3 Å². The van der Waals surface area contributed by atoms with Crippen LogP contribution in [0.4, 0.5) is 11.8 Å². The quantitative estimate of drug-likeness (QED) is 0.902. The number of piperidine rings is 1. The Bertz CT molecular complexity index is 601. The van der Waals surface area contributed by atoms with Crippen molar-refractivity contribution in [3.05, 3.63) is 11.4 Å². The highest BCUT2D eigenvalue weighted by atomic mass is 32.1. The van der Waals surface area contributed by atoms with E-state index < -0.39 is 0 Å². The zero-order valence-electron chi connectivity index (χ0n) is 12.9. The Kier molecular flexibility index (Phi) is 4.26. The van der Waals surface area contributed by atoms with E-state index in [1.807, 2.05) is 0 Å². The molecule has 114 valence electrons. The molecule has 3 rings (SSSR count). The molecule has 2 N–H and O–H groups in total. The van der Waals surface area contributed by atoms with Crippen LogP contribution < -0.4 is 10.7 Å². The summed E-state index contributed by atoms with van der Waals surface area (Å²) in [6, 6.07) is 3.15. The Morgan fingerprint density at radius 1 is 1.29 bits per heavy atom. The van der Waals surface area contributed by atoms with Crippen LogP contribution in [0.25, 0.3) is 10.2 Å². The van der Waals surface area contributed by atoms with Gasteiger partial charge in [-0.3, -0.25) is 0 Å². The Hall–Kier alpha value is -1.40. The first-order chi connectivity index (χ1) is 10.2. The fourth-order valence-corrected chi connectivity index (χ4v) is 3.71. The van der Waals surface area contributed by atoms with Crippen LogP contribution in [-0.4, -0.2) is 33.6 Å². The van der Waals surface area contributed by atoms with E-state index >= 15 is 0 Å². The van der Waals surface area contributed by atoms with Crippen LogP contribution in [0.1, 0.15) is 40.0 Å². The number of hydrogen-bond donors (Lipinski definition) is 2. The van der Waals surface area contributed by atoms with E-state index in [0.29, 0.717) is 18.0 Å². The Balaban J connectivity index is 1.92. The summed E-state index contributed by atoms with van der Waals surface area (Å²) in [5.74, 6) is 1.62. The van der Waals surface area contributed by atoms with E-state index in [-0.39, 0.29) is 0 Å². The lowest BCUT2D eigenvalue weighted by Crippen LogP contribution is -2.47. The molecule has 1 fully saturated rings. The fraction of sp³-hybridized carbons (Fsp3) is 0.600. The number of hydrogen-bond acceptors (Lipinski definition) is 6. The van der Waals surface area contributed by atoms with Crippen molar-refractivity contribution in [3.8, 4) is 0 Å². The Morgan fingerprint density at radius 2 is 2.05 bits per heavy atom. The highest BCUT2D eigenvalue weighted by Gasteiger charge is 2.25. The maximum absolute atomic E-state index is 4.66. The molecule has 1 aliphatic rings. The van der Waals surface area contributed by atoms with Crippen molar-refractivity contribution in [3.63, 3.8) is 0 Å². The van der Waals surface area contributed by atoms with Crippen molar-refractivity contribution in [1.82, 2.24) is 15.0 Å². The minimum absolute atomic E-state index is 0.528. The molecule has 1 aliphatic heterocycles. The van der Waals surface area contributed by atoms with Crippen LogP contribution in [0, 0.1) is 0 Å². The SMILES string of the molecule is CCNc1nc(NN2C(C)CCCC2C)c2ccsc2n1. The Morgan fingerprint density at radius 3 is 2.76 bits per heavy atom. The molecule has 1 saturated heterocycles. The van der Waals surface area contributed by atoms with Crippen LogP contribution in [0.3, 0.4) is 0 Å². The third-order valence-corrected chi connectivity index (χ3v) is 4.90. The number of aromatic nitrogens is 2. The highest BCUT2D eigenvalue weighted by molar-refractivity contribution is 7.16. The van der Waals surface area contributed by atoms with Crippen LogP contribution in [0.15, 0.2) is 11.4 Å². The van der Waals surface area contributed by atoms with Gasteiger partial charge in [0, 0.05) is 18.6 Å². The van der Waals surface area contributed by atoms with E-state index in [2.05, 4.69) is 57.9 Å². The van der Waals surface area contributed by atoms with Crippen molar-refractivity contribution < 1.29 is 0 Å². The standard InChI is InChI=1S/C15H23N5S/c1-4-16-15-17-13(12-8-9-21-14(12)18-15)19-20-10(2)6-5-7-11(20)3/h8-11H,4-7H2,1-3H3,(H2,16,17,18,19). The average molecular weight is 305 g/mol. The van der Waals surface area contributed by atoms with Crippen molar-refractivity contribution in [2.75, 3.05) is 17.3 Å². The predicted molar refractivity (Wildman–Crippen MR) is 89.8 cm³/mol. The molecule has 2 aromatic heterocycles. The number of hydrazine groups is 1. The summed E-state index contributed by atoms with van der Waals surface area (Å²) in [7, 11) is 0. The number of thiophene rings is 1. The van der Waals surface area contributed by atoms with Crippen molar-refractivity contribution in [2.45, 2.75) is 52.1 Å². The van der Waals surface area contributed by atoms with Crippen LogP contribution in [0.2, 0.25) is 0 Å². The monoisotopic (exact) mass is 305 g/mol. The zero-order chi connectivity index (χ0) is 14.8. The number of rotatable bonds is 4. The molecule has 0 spiro atoms. The molecule has 0 aromatic carbocycles. The molecular formula is C15H23N5S. The first-order valence-electron chi connectivity index (χ1n) is 7.73. The minimum Gasteiger partial charge on any atom is -0.354 e. The molecule has 2 aromatic rings. The van der Waals surface area contributed by atoms with E-state index in [0.717, 1.165) is 22.6 Å². The number of nitrogens with one attached hydrogen (secondary N) is 2. The molecule has 0 aliphatic carbocycles. The Labute approximate surface area is 129 Å². The smallest absolute Gasteiger partial charge is 0.226 e. The van der Waals surface area contributed by atoms with Gasteiger partial charge in [0.25, 0.3) is 0 Å². The lowest BCUT2D eigenvalue weighted by Gasteiger charge is -2.39. The summed E-state index contributed by atoms with van der Waals surface area (Å²) < 4.78 is 0. The average Bonchev–Trinajstić information content (AvgIpc) is 2.92. The third kappa shape index (κ3) is 2.96. The van der Waals surface area contributed by atoms with E-state index in [1.165, 1.54) is 19.3 Å². The zero-order valence-corrected chi connectivity index (χ0v) is 13.7. The molecule has 5 nitrogen and oxygen atoms in total. The second-order valence-corrected chi connectivity index (χ2v) is 6.61. The lowest BCUT2D eigenvalue weighted by atomic mass is 10.00. The van der Waals surface area contributed by atoms with Gasteiger partial charge in [-0.25, -0.2) is 9.99 Å². The topological polar surface area (TPSA) is 53.1 Å². The predicted octanol–water partition coefficient (Wildman–Crippen LogP) is 3.71. The second kappa shape index (κ2) is 6.15. The molecule has 21 heavy (non-hydrogen) atoms. The number of fused-ring (bicyclic) bond motifs is 1. The summed E-state index contributed by atoms with van der Waals surface area (Å²) >= 11 is 1.66. The summed E-state index contributed by atoms with van der Waals surface area (Å²) in [4.78, 5) is 10.2. The van der Waals surface area contributed by atoms with Crippen LogP contribution in [0.5, 0.6) is 0 Å². The lowest BCUT2D eigenvalue weighted by molar-refractivity contribution is 0.135. The normalized spacial score (nSPS) is 23.4.